The Morgan fingerprint density at radius 3 is 2.89 bits per heavy atom. The Balaban J connectivity index is 1.54. The van der Waals surface area contributed by atoms with Gasteiger partial charge < -0.3 is 11.1 Å². The quantitative estimate of drug-likeness (QED) is 0.859. The normalized spacial score (nSPS) is 29.4. The van der Waals surface area contributed by atoms with Gasteiger partial charge in [-0.25, -0.2) is 4.98 Å². The van der Waals surface area contributed by atoms with Crippen LogP contribution >= 0.6 is 0 Å². The second kappa shape index (κ2) is 4.59. The van der Waals surface area contributed by atoms with Crippen molar-refractivity contribution in [2.24, 2.45) is 17.8 Å². The van der Waals surface area contributed by atoms with Crippen molar-refractivity contribution in [2.75, 3.05) is 11.1 Å². The zero-order valence-electron chi connectivity index (χ0n) is 10.4. The van der Waals surface area contributed by atoms with Crippen LogP contribution in [0.4, 0.5) is 11.5 Å². The molecule has 2 saturated carbocycles. The maximum absolute atomic E-state index is 11.9. The number of nitrogen functional groups attached to an aromatic ring is 1. The highest BCUT2D eigenvalue weighted by Crippen LogP contribution is 2.49. The van der Waals surface area contributed by atoms with Gasteiger partial charge in [-0.1, -0.05) is 6.42 Å². The molecule has 1 aromatic heterocycles. The van der Waals surface area contributed by atoms with E-state index in [-0.39, 0.29) is 5.91 Å². The highest BCUT2D eigenvalue weighted by atomic mass is 16.1. The monoisotopic (exact) mass is 245 g/mol. The third kappa shape index (κ3) is 2.33. The van der Waals surface area contributed by atoms with Crippen molar-refractivity contribution in [3.63, 3.8) is 0 Å². The van der Waals surface area contributed by atoms with Crippen LogP contribution < -0.4 is 11.1 Å². The topological polar surface area (TPSA) is 68.0 Å². The number of carbonyl (C=O) groups excluding carboxylic acids is 1. The zero-order chi connectivity index (χ0) is 12.5. The van der Waals surface area contributed by atoms with Gasteiger partial charge in [-0.15, -0.1) is 0 Å². The molecule has 3 unspecified atom stereocenters. The van der Waals surface area contributed by atoms with Crippen molar-refractivity contribution in [1.29, 1.82) is 0 Å². The number of hydrogen-bond donors (Lipinski definition) is 2. The molecular weight excluding hydrogens is 226 g/mol. The van der Waals surface area contributed by atoms with E-state index in [9.17, 15) is 4.79 Å². The summed E-state index contributed by atoms with van der Waals surface area (Å²) in [5, 5.41) is 2.85. The summed E-state index contributed by atoms with van der Waals surface area (Å²) >= 11 is 0. The molecule has 0 spiro atoms. The van der Waals surface area contributed by atoms with Crippen LogP contribution in [0.3, 0.4) is 0 Å². The van der Waals surface area contributed by atoms with E-state index < -0.39 is 0 Å². The number of nitrogens with two attached hydrogens (primary N) is 1. The molecule has 3 atom stereocenters. The third-order valence-electron chi connectivity index (χ3n) is 4.39. The molecule has 2 fully saturated rings. The van der Waals surface area contributed by atoms with Crippen molar-refractivity contribution < 1.29 is 4.79 Å². The SMILES string of the molecule is Nc1ccc(NC(=O)CC2CC3CCC2C3)nc1. The van der Waals surface area contributed by atoms with Gasteiger partial charge in [0.1, 0.15) is 5.82 Å². The number of anilines is 2. The van der Waals surface area contributed by atoms with Gasteiger partial charge in [-0.05, 0) is 49.1 Å². The molecule has 2 aliphatic rings. The molecule has 2 aliphatic carbocycles. The Labute approximate surface area is 107 Å². The summed E-state index contributed by atoms with van der Waals surface area (Å²) < 4.78 is 0. The molecule has 0 saturated heterocycles. The van der Waals surface area contributed by atoms with Gasteiger partial charge in [0.05, 0.1) is 11.9 Å². The van der Waals surface area contributed by atoms with Gasteiger partial charge in [0.15, 0.2) is 0 Å². The van der Waals surface area contributed by atoms with Crippen LogP contribution in [-0.2, 0) is 4.79 Å². The predicted octanol–water partition coefficient (Wildman–Crippen LogP) is 2.43. The fourth-order valence-electron chi connectivity index (χ4n) is 3.54. The molecule has 2 bridgehead atoms. The molecule has 1 amide bonds. The molecule has 18 heavy (non-hydrogen) atoms. The van der Waals surface area contributed by atoms with Crippen LogP contribution in [0.1, 0.15) is 32.1 Å². The first-order valence-electron chi connectivity index (χ1n) is 6.72. The predicted molar refractivity (Wildman–Crippen MR) is 70.8 cm³/mol. The number of nitrogens with zero attached hydrogens (tertiary/aromatic N) is 1. The van der Waals surface area contributed by atoms with E-state index in [0.29, 0.717) is 23.8 Å². The number of carbonyl (C=O) groups is 1. The van der Waals surface area contributed by atoms with Crippen LogP contribution in [-0.4, -0.2) is 10.9 Å². The molecule has 1 heterocycles. The third-order valence-corrected chi connectivity index (χ3v) is 4.39. The van der Waals surface area contributed by atoms with Gasteiger partial charge in [0, 0.05) is 6.42 Å². The van der Waals surface area contributed by atoms with E-state index in [0.717, 1.165) is 11.8 Å². The highest BCUT2D eigenvalue weighted by molar-refractivity contribution is 5.90. The first kappa shape index (κ1) is 11.5. The van der Waals surface area contributed by atoms with Crippen molar-refractivity contribution in [3.8, 4) is 0 Å². The van der Waals surface area contributed by atoms with Crippen LogP contribution in [0.15, 0.2) is 18.3 Å². The smallest absolute Gasteiger partial charge is 0.225 e. The molecule has 4 heteroatoms. The minimum absolute atomic E-state index is 0.0878. The Kier molecular flexibility index (Phi) is 2.94. The van der Waals surface area contributed by atoms with E-state index in [1.807, 2.05) is 0 Å². The summed E-state index contributed by atoms with van der Waals surface area (Å²) in [5.41, 5.74) is 6.17. The van der Waals surface area contributed by atoms with Gasteiger partial charge in [0.25, 0.3) is 0 Å². The van der Waals surface area contributed by atoms with Gasteiger partial charge >= 0.3 is 0 Å². The Morgan fingerprint density at radius 1 is 1.39 bits per heavy atom. The number of hydrogen-bond acceptors (Lipinski definition) is 3. The van der Waals surface area contributed by atoms with E-state index in [1.165, 1.54) is 25.7 Å². The number of nitrogens with one attached hydrogen (secondary N) is 1. The largest absolute Gasteiger partial charge is 0.397 e. The Morgan fingerprint density at radius 2 is 2.28 bits per heavy atom. The lowest BCUT2D eigenvalue weighted by Crippen LogP contribution is -2.20. The van der Waals surface area contributed by atoms with Crippen molar-refractivity contribution >= 4 is 17.4 Å². The molecule has 3 N–H and O–H groups in total. The lowest BCUT2D eigenvalue weighted by atomic mass is 9.86. The maximum atomic E-state index is 11.9. The van der Waals surface area contributed by atoms with Gasteiger partial charge in [0.2, 0.25) is 5.91 Å². The molecule has 0 aromatic carbocycles. The summed E-state index contributed by atoms with van der Waals surface area (Å²) in [7, 11) is 0. The summed E-state index contributed by atoms with van der Waals surface area (Å²) in [6, 6.07) is 3.49. The first-order valence-corrected chi connectivity index (χ1v) is 6.72. The van der Waals surface area contributed by atoms with Gasteiger partial charge in [-0.2, -0.15) is 0 Å². The van der Waals surface area contributed by atoms with E-state index >= 15 is 0 Å². The fourth-order valence-corrected chi connectivity index (χ4v) is 3.54. The lowest BCUT2D eigenvalue weighted by Gasteiger charge is -2.20. The molecule has 0 radical (unpaired) electrons. The average molecular weight is 245 g/mol. The van der Waals surface area contributed by atoms with Crippen molar-refractivity contribution in [1.82, 2.24) is 4.98 Å². The number of pyridine rings is 1. The van der Waals surface area contributed by atoms with Crippen LogP contribution in [0, 0.1) is 17.8 Å². The van der Waals surface area contributed by atoms with E-state index in [4.69, 9.17) is 5.73 Å². The second-order valence-corrected chi connectivity index (χ2v) is 5.66. The number of amides is 1. The van der Waals surface area contributed by atoms with Crippen LogP contribution in [0.2, 0.25) is 0 Å². The minimum Gasteiger partial charge on any atom is -0.397 e. The van der Waals surface area contributed by atoms with E-state index in [2.05, 4.69) is 10.3 Å². The Bertz CT molecular complexity index is 443. The molecule has 0 aliphatic heterocycles. The maximum Gasteiger partial charge on any atom is 0.225 e. The minimum atomic E-state index is 0.0878. The fraction of sp³-hybridized carbons (Fsp3) is 0.571. The summed E-state index contributed by atoms with van der Waals surface area (Å²) in [6.45, 7) is 0. The second-order valence-electron chi connectivity index (χ2n) is 5.66. The number of fused-ring (bicyclic) bond motifs is 2. The molecular formula is C14H19N3O. The molecule has 96 valence electrons. The van der Waals surface area contributed by atoms with Crippen molar-refractivity contribution in [3.05, 3.63) is 18.3 Å². The number of rotatable bonds is 3. The average Bonchev–Trinajstić information content (AvgIpc) is 2.94. The molecule has 3 rings (SSSR count). The number of aromatic nitrogens is 1. The first-order chi connectivity index (χ1) is 8.70. The van der Waals surface area contributed by atoms with E-state index in [1.54, 1.807) is 18.3 Å². The van der Waals surface area contributed by atoms with Crippen molar-refractivity contribution in [2.45, 2.75) is 32.1 Å². The lowest BCUT2D eigenvalue weighted by molar-refractivity contribution is -0.117. The van der Waals surface area contributed by atoms with Gasteiger partial charge in [-0.3, -0.25) is 4.79 Å². The summed E-state index contributed by atoms with van der Waals surface area (Å²) in [5.74, 6) is 2.96. The van der Waals surface area contributed by atoms with Crippen LogP contribution in [0.25, 0.3) is 0 Å². The zero-order valence-corrected chi connectivity index (χ0v) is 10.4. The molecule has 1 aromatic rings. The highest BCUT2D eigenvalue weighted by Gasteiger charge is 2.40. The summed E-state index contributed by atoms with van der Waals surface area (Å²) in [6.07, 6.45) is 7.50. The standard InChI is InChI=1S/C14H19N3O/c15-12-3-4-13(16-8-12)17-14(18)7-11-6-9-1-2-10(11)5-9/h3-4,8-11H,1-2,5-7,15H2,(H,16,17,18). The molecule has 4 nitrogen and oxygen atoms in total. The van der Waals surface area contributed by atoms with Crippen LogP contribution in [0.5, 0.6) is 0 Å². The summed E-state index contributed by atoms with van der Waals surface area (Å²) in [4.78, 5) is 16.0. The Hall–Kier alpha value is -1.58.